The summed E-state index contributed by atoms with van der Waals surface area (Å²) in [5, 5.41) is 0. The van der Waals surface area contributed by atoms with E-state index in [-0.39, 0.29) is 18.5 Å². The standard InChI is InChI=1S/C15H26F3N3O/c1-2-3-6-19-8-10-20(11-9-19)13-5-4-7-21(14(13)22)12-15(16,17)18/h13H,2-12H2,1H3/t13-/m0/s1. The van der Waals surface area contributed by atoms with Crippen LogP contribution in [0, 0.1) is 0 Å². The molecule has 0 aromatic heterocycles. The number of likely N-dealkylation sites (tertiary alicyclic amines) is 1. The fourth-order valence-corrected chi connectivity index (χ4v) is 3.31. The Morgan fingerprint density at radius 2 is 1.82 bits per heavy atom. The summed E-state index contributed by atoms with van der Waals surface area (Å²) in [6.45, 7) is 5.71. The Bertz CT molecular complexity index is 368. The Morgan fingerprint density at radius 1 is 1.14 bits per heavy atom. The van der Waals surface area contributed by atoms with Crippen LogP contribution < -0.4 is 0 Å². The first kappa shape index (κ1) is 17.5. The lowest BCUT2D eigenvalue weighted by molar-refractivity contribution is -0.168. The van der Waals surface area contributed by atoms with Crippen LogP contribution in [0.25, 0.3) is 0 Å². The molecule has 1 amide bonds. The summed E-state index contributed by atoms with van der Waals surface area (Å²) < 4.78 is 37.6. The van der Waals surface area contributed by atoms with Gasteiger partial charge in [-0.15, -0.1) is 0 Å². The number of carbonyl (C=O) groups excluding carboxylic acids is 1. The van der Waals surface area contributed by atoms with Gasteiger partial charge in [0.1, 0.15) is 6.54 Å². The van der Waals surface area contributed by atoms with E-state index < -0.39 is 12.7 Å². The van der Waals surface area contributed by atoms with Gasteiger partial charge in [0, 0.05) is 32.7 Å². The number of nitrogens with zero attached hydrogens (tertiary/aromatic N) is 3. The van der Waals surface area contributed by atoms with E-state index in [2.05, 4.69) is 16.7 Å². The van der Waals surface area contributed by atoms with Crippen LogP contribution in [0.15, 0.2) is 0 Å². The molecule has 0 radical (unpaired) electrons. The summed E-state index contributed by atoms with van der Waals surface area (Å²) >= 11 is 0. The smallest absolute Gasteiger partial charge is 0.332 e. The second-order valence-corrected chi connectivity index (χ2v) is 6.26. The first-order valence-electron chi connectivity index (χ1n) is 8.22. The van der Waals surface area contributed by atoms with Crippen LogP contribution in [-0.2, 0) is 4.79 Å². The average Bonchev–Trinajstić information content (AvgIpc) is 2.47. The van der Waals surface area contributed by atoms with E-state index in [0.717, 1.165) is 44.0 Å². The van der Waals surface area contributed by atoms with Gasteiger partial charge >= 0.3 is 6.18 Å². The van der Waals surface area contributed by atoms with E-state index in [0.29, 0.717) is 12.8 Å². The molecule has 2 fully saturated rings. The molecule has 0 bridgehead atoms. The molecule has 0 N–H and O–H groups in total. The molecule has 0 aliphatic carbocycles. The Balaban J connectivity index is 1.86. The number of amides is 1. The first-order valence-corrected chi connectivity index (χ1v) is 8.22. The predicted octanol–water partition coefficient (Wildman–Crippen LogP) is 1.96. The van der Waals surface area contributed by atoms with Gasteiger partial charge in [0.25, 0.3) is 0 Å². The Labute approximate surface area is 130 Å². The van der Waals surface area contributed by atoms with Gasteiger partial charge in [0.15, 0.2) is 0 Å². The van der Waals surface area contributed by atoms with Crippen molar-refractivity contribution < 1.29 is 18.0 Å². The van der Waals surface area contributed by atoms with Crippen LogP contribution in [0.3, 0.4) is 0 Å². The van der Waals surface area contributed by atoms with Gasteiger partial charge in [0.05, 0.1) is 6.04 Å². The van der Waals surface area contributed by atoms with Crippen molar-refractivity contribution in [3.63, 3.8) is 0 Å². The zero-order valence-corrected chi connectivity index (χ0v) is 13.2. The Morgan fingerprint density at radius 3 is 2.41 bits per heavy atom. The summed E-state index contributed by atoms with van der Waals surface area (Å²) in [4.78, 5) is 17.8. The topological polar surface area (TPSA) is 26.8 Å². The minimum Gasteiger partial charge on any atom is -0.332 e. The maximum atomic E-state index is 12.5. The molecule has 4 nitrogen and oxygen atoms in total. The molecule has 0 aromatic carbocycles. The summed E-state index contributed by atoms with van der Waals surface area (Å²) in [7, 11) is 0. The van der Waals surface area contributed by atoms with Gasteiger partial charge in [-0.1, -0.05) is 13.3 Å². The first-order chi connectivity index (χ1) is 10.4. The fourth-order valence-electron chi connectivity index (χ4n) is 3.31. The second-order valence-electron chi connectivity index (χ2n) is 6.26. The van der Waals surface area contributed by atoms with Gasteiger partial charge in [-0.25, -0.2) is 0 Å². The third-order valence-electron chi connectivity index (χ3n) is 4.55. The maximum absolute atomic E-state index is 12.5. The van der Waals surface area contributed by atoms with Crippen LogP contribution in [0.1, 0.15) is 32.6 Å². The number of carbonyl (C=O) groups is 1. The van der Waals surface area contributed by atoms with Crippen molar-refractivity contribution in [1.82, 2.24) is 14.7 Å². The highest BCUT2D eigenvalue weighted by molar-refractivity contribution is 5.82. The van der Waals surface area contributed by atoms with Crippen LogP contribution in [0.2, 0.25) is 0 Å². The minimum absolute atomic E-state index is 0.227. The van der Waals surface area contributed by atoms with Crippen molar-refractivity contribution in [2.45, 2.75) is 44.8 Å². The Hall–Kier alpha value is -0.820. The number of piperazine rings is 1. The van der Waals surface area contributed by atoms with Gasteiger partial charge in [-0.05, 0) is 25.8 Å². The molecule has 2 heterocycles. The maximum Gasteiger partial charge on any atom is 0.406 e. The lowest BCUT2D eigenvalue weighted by atomic mass is 10.0. The second kappa shape index (κ2) is 7.64. The van der Waals surface area contributed by atoms with E-state index in [1.165, 1.54) is 6.42 Å². The van der Waals surface area contributed by atoms with Crippen LogP contribution >= 0.6 is 0 Å². The minimum atomic E-state index is -4.31. The molecule has 0 saturated carbocycles. The van der Waals surface area contributed by atoms with E-state index in [1.807, 2.05) is 0 Å². The molecule has 128 valence electrons. The lowest BCUT2D eigenvalue weighted by Crippen LogP contribution is -2.58. The number of rotatable bonds is 5. The molecule has 0 aromatic rings. The van der Waals surface area contributed by atoms with E-state index in [1.54, 1.807) is 0 Å². The molecule has 2 rings (SSSR count). The summed E-state index contributed by atoms with van der Waals surface area (Å²) in [6, 6.07) is -0.357. The van der Waals surface area contributed by atoms with Crippen molar-refractivity contribution in [2.24, 2.45) is 0 Å². The highest BCUT2D eigenvalue weighted by Gasteiger charge is 2.39. The van der Waals surface area contributed by atoms with Crippen molar-refractivity contribution >= 4 is 5.91 Å². The number of hydrogen-bond donors (Lipinski definition) is 0. The molecule has 2 saturated heterocycles. The molecule has 0 spiro atoms. The SMILES string of the molecule is CCCCN1CCN([C@H]2CCCN(CC(F)(F)F)C2=O)CC1. The van der Waals surface area contributed by atoms with E-state index >= 15 is 0 Å². The van der Waals surface area contributed by atoms with Crippen LogP contribution in [0.5, 0.6) is 0 Å². The van der Waals surface area contributed by atoms with Gasteiger partial charge in [-0.2, -0.15) is 13.2 Å². The molecule has 7 heteroatoms. The summed E-state index contributed by atoms with van der Waals surface area (Å²) in [5.74, 6) is -0.342. The van der Waals surface area contributed by atoms with Crippen LogP contribution in [-0.4, -0.2) is 78.6 Å². The lowest BCUT2D eigenvalue weighted by Gasteiger charge is -2.42. The molecular weight excluding hydrogens is 295 g/mol. The average molecular weight is 321 g/mol. The number of piperidine rings is 1. The molecule has 22 heavy (non-hydrogen) atoms. The van der Waals surface area contributed by atoms with Crippen molar-refractivity contribution in [3.05, 3.63) is 0 Å². The molecular formula is C15H26F3N3O. The molecule has 0 unspecified atom stereocenters. The largest absolute Gasteiger partial charge is 0.406 e. The van der Waals surface area contributed by atoms with Gasteiger partial charge < -0.3 is 9.80 Å². The van der Waals surface area contributed by atoms with Crippen LogP contribution in [0.4, 0.5) is 13.2 Å². The number of hydrogen-bond acceptors (Lipinski definition) is 3. The Kier molecular flexibility index (Phi) is 6.09. The number of alkyl halides is 3. The molecule has 1 atom stereocenters. The summed E-state index contributed by atoms with van der Waals surface area (Å²) in [6.07, 6.45) is -0.642. The summed E-state index contributed by atoms with van der Waals surface area (Å²) in [5.41, 5.74) is 0. The van der Waals surface area contributed by atoms with Crippen molar-refractivity contribution in [3.8, 4) is 0 Å². The zero-order chi connectivity index (χ0) is 16.2. The number of unbranched alkanes of at least 4 members (excludes halogenated alkanes) is 1. The highest BCUT2D eigenvalue weighted by Crippen LogP contribution is 2.23. The van der Waals surface area contributed by atoms with Gasteiger partial charge in [0.2, 0.25) is 5.91 Å². The third kappa shape index (κ3) is 4.84. The van der Waals surface area contributed by atoms with Crippen molar-refractivity contribution in [2.75, 3.05) is 45.8 Å². The normalized spacial score (nSPS) is 25.7. The zero-order valence-electron chi connectivity index (χ0n) is 13.2. The fraction of sp³-hybridized carbons (Fsp3) is 0.933. The van der Waals surface area contributed by atoms with E-state index in [4.69, 9.17) is 0 Å². The third-order valence-corrected chi connectivity index (χ3v) is 4.55. The monoisotopic (exact) mass is 321 g/mol. The van der Waals surface area contributed by atoms with Gasteiger partial charge in [-0.3, -0.25) is 9.69 Å². The number of halogens is 3. The molecule has 2 aliphatic heterocycles. The highest BCUT2D eigenvalue weighted by atomic mass is 19.4. The quantitative estimate of drug-likeness (QED) is 0.774. The molecule has 2 aliphatic rings. The predicted molar refractivity (Wildman–Crippen MR) is 78.6 cm³/mol. The van der Waals surface area contributed by atoms with E-state index in [9.17, 15) is 18.0 Å². The van der Waals surface area contributed by atoms with Crippen molar-refractivity contribution in [1.29, 1.82) is 0 Å².